The van der Waals surface area contributed by atoms with Crippen molar-refractivity contribution in [1.29, 1.82) is 0 Å². The lowest BCUT2D eigenvalue weighted by Crippen LogP contribution is -2.38. The maximum atomic E-state index is 6.06. The van der Waals surface area contributed by atoms with E-state index in [4.69, 9.17) is 14.2 Å². The van der Waals surface area contributed by atoms with Crippen molar-refractivity contribution >= 4 is 16.6 Å². The highest BCUT2D eigenvalue weighted by atomic mass is 16.5. The van der Waals surface area contributed by atoms with E-state index in [0.717, 1.165) is 79.3 Å². The van der Waals surface area contributed by atoms with Gasteiger partial charge in [-0.25, -0.2) is 0 Å². The number of ether oxygens (including phenoxy) is 3. The molecular weight excluding hydrogens is 490 g/mol. The van der Waals surface area contributed by atoms with Crippen molar-refractivity contribution in [2.75, 3.05) is 52.8 Å². The smallest absolute Gasteiger partial charge is 0.156 e. The summed E-state index contributed by atoms with van der Waals surface area (Å²) in [5.74, 6) is 2.60. The summed E-state index contributed by atoms with van der Waals surface area (Å²) in [4.78, 5) is 5.02. The molecule has 1 atom stereocenters. The van der Waals surface area contributed by atoms with Crippen molar-refractivity contribution in [1.82, 2.24) is 20.0 Å². The van der Waals surface area contributed by atoms with Crippen LogP contribution in [-0.2, 0) is 17.9 Å². The Morgan fingerprint density at radius 3 is 2.44 bits per heavy atom. The first-order valence-corrected chi connectivity index (χ1v) is 14.4. The molecule has 8 nitrogen and oxygen atoms in total. The van der Waals surface area contributed by atoms with Crippen LogP contribution in [0.4, 0.5) is 5.82 Å². The first-order chi connectivity index (χ1) is 19.1. The molecule has 0 aliphatic carbocycles. The van der Waals surface area contributed by atoms with Gasteiger partial charge in [-0.05, 0) is 81.6 Å². The molecule has 0 bridgehead atoms. The van der Waals surface area contributed by atoms with Gasteiger partial charge >= 0.3 is 0 Å². The fourth-order valence-electron chi connectivity index (χ4n) is 5.87. The highest BCUT2D eigenvalue weighted by Crippen LogP contribution is 2.29. The van der Waals surface area contributed by atoms with Crippen LogP contribution in [-0.4, -0.2) is 79.6 Å². The Morgan fingerprint density at radius 1 is 0.897 bits per heavy atom. The summed E-state index contributed by atoms with van der Waals surface area (Å²) < 4.78 is 16.9. The van der Waals surface area contributed by atoms with E-state index in [0.29, 0.717) is 18.7 Å². The second kappa shape index (κ2) is 13.4. The van der Waals surface area contributed by atoms with Gasteiger partial charge < -0.3 is 24.4 Å². The number of anilines is 1. The van der Waals surface area contributed by atoms with E-state index in [1.165, 1.54) is 31.4 Å². The van der Waals surface area contributed by atoms with Gasteiger partial charge in [0.1, 0.15) is 11.5 Å². The minimum absolute atomic E-state index is 0.359. The molecule has 2 aliphatic heterocycles. The number of hydrogen-bond donors (Lipinski definition) is 1. The third-order valence-electron chi connectivity index (χ3n) is 8.24. The molecule has 2 aliphatic rings. The Balaban J connectivity index is 1.10. The van der Waals surface area contributed by atoms with E-state index in [1.807, 2.05) is 18.2 Å². The standard InChI is InChI=1S/C31H43N5O3/c1-35-16-5-4-6-25(35)15-19-39-26-9-7-23(8-10-26)21-36-17-13-24(14-18-36)32-31-29-20-27(38-3)11-12-28(29)30(22-37-2)33-34-31/h7-12,20,24-25H,4-6,13-19,21-22H2,1-3H3,(H,32,34). The Morgan fingerprint density at radius 2 is 1.69 bits per heavy atom. The molecule has 210 valence electrons. The molecule has 0 saturated carbocycles. The van der Waals surface area contributed by atoms with Crippen LogP contribution < -0.4 is 14.8 Å². The van der Waals surface area contributed by atoms with Crippen LogP contribution >= 0.6 is 0 Å². The fraction of sp³-hybridized carbons (Fsp3) is 0.548. The monoisotopic (exact) mass is 533 g/mol. The number of methoxy groups -OCH3 is 2. The normalized spacial score (nSPS) is 19.3. The van der Waals surface area contributed by atoms with Crippen molar-refractivity contribution in [3.05, 3.63) is 53.7 Å². The Hall–Kier alpha value is -2.94. The van der Waals surface area contributed by atoms with Crippen LogP contribution in [0.1, 0.15) is 49.8 Å². The SMILES string of the molecule is COCc1nnc(NC2CCN(Cc3ccc(OCCC4CCCCN4C)cc3)CC2)c2cc(OC)ccc12. The van der Waals surface area contributed by atoms with E-state index >= 15 is 0 Å². The van der Waals surface area contributed by atoms with Crippen LogP contribution in [0.2, 0.25) is 0 Å². The second-order valence-electron chi connectivity index (χ2n) is 10.9. The molecule has 8 heteroatoms. The molecule has 1 unspecified atom stereocenters. The van der Waals surface area contributed by atoms with Gasteiger partial charge in [0.2, 0.25) is 0 Å². The molecule has 39 heavy (non-hydrogen) atoms. The number of fused-ring (bicyclic) bond motifs is 1. The van der Waals surface area contributed by atoms with Crippen LogP contribution in [0.25, 0.3) is 10.8 Å². The third kappa shape index (κ3) is 7.18. The maximum absolute atomic E-state index is 6.06. The maximum Gasteiger partial charge on any atom is 0.156 e. The van der Waals surface area contributed by atoms with Crippen molar-refractivity contribution in [3.63, 3.8) is 0 Å². The topological polar surface area (TPSA) is 72.0 Å². The van der Waals surface area contributed by atoms with Crippen molar-refractivity contribution in [2.45, 2.75) is 63.8 Å². The molecule has 0 amide bonds. The number of aromatic nitrogens is 2. The van der Waals surface area contributed by atoms with E-state index in [9.17, 15) is 0 Å². The average molecular weight is 534 g/mol. The number of hydrogen-bond acceptors (Lipinski definition) is 8. The summed E-state index contributed by atoms with van der Waals surface area (Å²) in [6.07, 6.45) is 7.19. The highest BCUT2D eigenvalue weighted by Gasteiger charge is 2.22. The summed E-state index contributed by atoms with van der Waals surface area (Å²) in [6, 6.07) is 15.7. The Kier molecular flexibility index (Phi) is 9.50. The first kappa shape index (κ1) is 27.6. The number of nitrogens with one attached hydrogen (secondary N) is 1. The van der Waals surface area contributed by atoms with Gasteiger partial charge in [-0.1, -0.05) is 18.6 Å². The average Bonchev–Trinajstić information content (AvgIpc) is 2.97. The number of nitrogens with zero attached hydrogens (tertiary/aromatic N) is 4. The van der Waals surface area contributed by atoms with Gasteiger partial charge in [0.25, 0.3) is 0 Å². The second-order valence-corrected chi connectivity index (χ2v) is 10.9. The zero-order valence-corrected chi connectivity index (χ0v) is 23.7. The van der Waals surface area contributed by atoms with Gasteiger partial charge in [0, 0.05) is 49.6 Å². The predicted octanol–water partition coefficient (Wildman–Crippen LogP) is 5.11. The van der Waals surface area contributed by atoms with E-state index in [2.05, 4.69) is 56.6 Å². The van der Waals surface area contributed by atoms with Gasteiger partial charge in [-0.15, -0.1) is 5.10 Å². The van der Waals surface area contributed by atoms with E-state index in [-0.39, 0.29) is 0 Å². The molecule has 5 rings (SSSR count). The van der Waals surface area contributed by atoms with Crippen molar-refractivity contribution < 1.29 is 14.2 Å². The summed E-state index contributed by atoms with van der Waals surface area (Å²) >= 11 is 0. The predicted molar refractivity (Wildman–Crippen MR) is 156 cm³/mol. The summed E-state index contributed by atoms with van der Waals surface area (Å²) in [5, 5.41) is 14.7. The highest BCUT2D eigenvalue weighted by molar-refractivity contribution is 5.94. The quantitative estimate of drug-likeness (QED) is 0.364. The molecule has 3 heterocycles. The van der Waals surface area contributed by atoms with E-state index < -0.39 is 0 Å². The van der Waals surface area contributed by atoms with Gasteiger partial charge in [0.05, 0.1) is 26.0 Å². The minimum atomic E-state index is 0.359. The molecule has 1 N–H and O–H groups in total. The third-order valence-corrected chi connectivity index (χ3v) is 8.24. The molecule has 2 aromatic carbocycles. The number of piperidine rings is 2. The molecule has 1 aromatic heterocycles. The molecular formula is C31H43N5O3. The van der Waals surface area contributed by atoms with E-state index in [1.54, 1.807) is 14.2 Å². The van der Waals surface area contributed by atoms with Crippen LogP contribution in [0.15, 0.2) is 42.5 Å². The van der Waals surface area contributed by atoms with Crippen molar-refractivity contribution in [3.8, 4) is 11.5 Å². The summed E-state index contributed by atoms with van der Waals surface area (Å²) in [5.41, 5.74) is 2.17. The summed E-state index contributed by atoms with van der Waals surface area (Å²) in [6.45, 7) is 5.49. The lowest BCUT2D eigenvalue weighted by Gasteiger charge is -2.33. The number of likely N-dealkylation sites (tertiary alicyclic amines) is 2. The minimum Gasteiger partial charge on any atom is -0.497 e. The lowest BCUT2D eigenvalue weighted by atomic mass is 10.0. The van der Waals surface area contributed by atoms with Gasteiger partial charge in [0.15, 0.2) is 5.82 Å². The Labute approximate surface area is 232 Å². The molecule has 2 saturated heterocycles. The lowest BCUT2D eigenvalue weighted by molar-refractivity contribution is 0.153. The van der Waals surface area contributed by atoms with Gasteiger partial charge in [-0.2, -0.15) is 5.10 Å². The zero-order chi connectivity index (χ0) is 27.0. The Bertz CT molecular complexity index is 1200. The molecule has 3 aromatic rings. The van der Waals surface area contributed by atoms with Crippen molar-refractivity contribution in [2.24, 2.45) is 0 Å². The molecule has 0 radical (unpaired) electrons. The summed E-state index contributed by atoms with van der Waals surface area (Å²) in [7, 11) is 5.61. The zero-order valence-electron chi connectivity index (χ0n) is 23.7. The first-order valence-electron chi connectivity index (χ1n) is 14.4. The van der Waals surface area contributed by atoms with Crippen LogP contribution in [0.3, 0.4) is 0 Å². The van der Waals surface area contributed by atoms with Crippen LogP contribution in [0, 0.1) is 0 Å². The number of rotatable bonds is 11. The van der Waals surface area contributed by atoms with Crippen LogP contribution in [0.5, 0.6) is 11.5 Å². The molecule has 2 fully saturated rings. The number of benzene rings is 2. The fourth-order valence-corrected chi connectivity index (χ4v) is 5.87. The largest absolute Gasteiger partial charge is 0.497 e. The van der Waals surface area contributed by atoms with Gasteiger partial charge in [-0.3, -0.25) is 4.90 Å². The molecule has 0 spiro atoms.